The van der Waals surface area contributed by atoms with E-state index in [2.05, 4.69) is 5.32 Å². The van der Waals surface area contributed by atoms with Gasteiger partial charge in [-0.15, -0.1) is 0 Å². The maximum absolute atomic E-state index is 11.9. The van der Waals surface area contributed by atoms with Crippen LogP contribution in [0.5, 0.6) is 0 Å². The molecule has 0 saturated carbocycles. The Labute approximate surface area is 150 Å². The normalized spacial score (nSPS) is 10.6. The first-order valence-electron chi connectivity index (χ1n) is 8.04. The molecule has 26 heavy (non-hydrogen) atoms. The van der Waals surface area contributed by atoms with Gasteiger partial charge in [0.05, 0.1) is 6.26 Å². The van der Waals surface area contributed by atoms with Gasteiger partial charge >= 0.3 is 5.97 Å². The molecule has 5 nitrogen and oxygen atoms in total. The number of nitrogens with one attached hydrogen (secondary N) is 1. The van der Waals surface area contributed by atoms with Crippen LogP contribution in [0, 0.1) is 0 Å². The molecule has 0 atom stereocenters. The molecule has 1 N–H and O–H groups in total. The third-order valence-corrected chi connectivity index (χ3v) is 3.55. The van der Waals surface area contributed by atoms with E-state index in [0.717, 1.165) is 11.1 Å². The van der Waals surface area contributed by atoms with Crippen molar-refractivity contribution < 1.29 is 18.7 Å². The minimum absolute atomic E-state index is 0.359. The smallest absolute Gasteiger partial charge is 0.331 e. The maximum Gasteiger partial charge on any atom is 0.331 e. The standard InChI is InChI=1S/C21H17NO4/c23-20(15-26-21(24)13-12-19-7-4-14-25-19)22-18-10-8-17(9-11-18)16-5-2-1-3-6-16/h1-14H,15H2,(H,22,23). The molecule has 1 heterocycles. The Hall–Kier alpha value is -3.60. The molecular formula is C21H17NO4. The van der Waals surface area contributed by atoms with Gasteiger partial charge in [0.1, 0.15) is 5.76 Å². The van der Waals surface area contributed by atoms with E-state index in [4.69, 9.17) is 9.15 Å². The number of amides is 1. The predicted octanol–water partition coefficient (Wildman–Crippen LogP) is 4.14. The van der Waals surface area contributed by atoms with Crippen LogP contribution in [-0.4, -0.2) is 18.5 Å². The molecule has 0 unspecified atom stereocenters. The summed E-state index contributed by atoms with van der Waals surface area (Å²) in [5, 5.41) is 2.69. The van der Waals surface area contributed by atoms with Crippen LogP contribution in [0.25, 0.3) is 17.2 Å². The number of hydrogen-bond acceptors (Lipinski definition) is 4. The minimum atomic E-state index is -0.615. The predicted molar refractivity (Wildman–Crippen MR) is 99.2 cm³/mol. The van der Waals surface area contributed by atoms with E-state index in [0.29, 0.717) is 11.4 Å². The third-order valence-electron chi connectivity index (χ3n) is 3.55. The highest BCUT2D eigenvalue weighted by Crippen LogP contribution is 2.20. The van der Waals surface area contributed by atoms with E-state index < -0.39 is 11.9 Å². The Morgan fingerprint density at radius 3 is 2.35 bits per heavy atom. The van der Waals surface area contributed by atoms with E-state index in [1.54, 1.807) is 24.3 Å². The fourth-order valence-corrected chi connectivity index (χ4v) is 2.29. The average Bonchev–Trinajstić information content (AvgIpc) is 3.20. The number of benzene rings is 2. The van der Waals surface area contributed by atoms with Crippen molar-refractivity contribution in [3.63, 3.8) is 0 Å². The summed E-state index contributed by atoms with van der Waals surface area (Å²) in [6.07, 6.45) is 4.19. The average molecular weight is 347 g/mol. The summed E-state index contributed by atoms with van der Waals surface area (Å²) in [6, 6.07) is 20.8. The molecule has 0 spiro atoms. The number of ether oxygens (including phenoxy) is 1. The van der Waals surface area contributed by atoms with Gasteiger partial charge in [0.25, 0.3) is 5.91 Å². The number of carbonyl (C=O) groups excluding carboxylic acids is 2. The Morgan fingerprint density at radius 2 is 1.65 bits per heavy atom. The number of esters is 1. The van der Waals surface area contributed by atoms with Gasteiger partial charge in [-0.2, -0.15) is 0 Å². The van der Waals surface area contributed by atoms with Gasteiger partial charge in [0, 0.05) is 11.8 Å². The number of hydrogen-bond donors (Lipinski definition) is 1. The van der Waals surface area contributed by atoms with Crippen molar-refractivity contribution in [2.45, 2.75) is 0 Å². The molecule has 3 rings (SSSR count). The van der Waals surface area contributed by atoms with E-state index in [9.17, 15) is 9.59 Å². The molecule has 1 aromatic heterocycles. The minimum Gasteiger partial charge on any atom is -0.465 e. The second kappa shape index (κ2) is 8.48. The molecule has 0 saturated heterocycles. The Balaban J connectivity index is 1.48. The molecule has 3 aromatic rings. The van der Waals surface area contributed by atoms with Crippen LogP contribution in [0.4, 0.5) is 5.69 Å². The Bertz CT molecular complexity index is 882. The fraction of sp³-hybridized carbons (Fsp3) is 0.0476. The van der Waals surface area contributed by atoms with E-state index in [1.807, 2.05) is 42.5 Å². The topological polar surface area (TPSA) is 68.5 Å². The van der Waals surface area contributed by atoms with Crippen LogP contribution in [0.1, 0.15) is 5.76 Å². The van der Waals surface area contributed by atoms with Crippen molar-refractivity contribution in [3.8, 4) is 11.1 Å². The number of furan rings is 1. The van der Waals surface area contributed by atoms with Crippen molar-refractivity contribution in [2.75, 3.05) is 11.9 Å². The zero-order chi connectivity index (χ0) is 18.2. The molecule has 130 valence electrons. The SMILES string of the molecule is O=C(COC(=O)C=Cc1ccco1)Nc1ccc(-c2ccccc2)cc1. The second-order valence-electron chi connectivity index (χ2n) is 5.45. The van der Waals surface area contributed by atoms with Crippen molar-refractivity contribution in [3.05, 3.63) is 84.8 Å². The lowest BCUT2D eigenvalue weighted by Crippen LogP contribution is -2.20. The van der Waals surface area contributed by atoms with Crippen molar-refractivity contribution >= 4 is 23.6 Å². The van der Waals surface area contributed by atoms with Crippen LogP contribution in [0.15, 0.2) is 83.5 Å². The molecule has 0 aliphatic carbocycles. The highest BCUT2D eigenvalue weighted by Gasteiger charge is 2.06. The zero-order valence-corrected chi connectivity index (χ0v) is 13.9. The van der Waals surface area contributed by atoms with Crippen LogP contribution in [0.3, 0.4) is 0 Å². The molecule has 5 heteroatoms. The first kappa shape index (κ1) is 17.2. The summed E-state index contributed by atoms with van der Waals surface area (Å²) in [6.45, 7) is -0.359. The van der Waals surface area contributed by atoms with Crippen molar-refractivity contribution in [1.82, 2.24) is 0 Å². The van der Waals surface area contributed by atoms with Gasteiger partial charge in [0.15, 0.2) is 6.61 Å². The van der Waals surface area contributed by atoms with Gasteiger partial charge in [0.2, 0.25) is 0 Å². The first-order valence-corrected chi connectivity index (χ1v) is 8.04. The molecule has 0 bridgehead atoms. The number of anilines is 1. The van der Waals surface area contributed by atoms with Crippen LogP contribution >= 0.6 is 0 Å². The third kappa shape index (κ3) is 4.95. The van der Waals surface area contributed by atoms with Crippen LogP contribution < -0.4 is 5.32 Å². The maximum atomic E-state index is 11.9. The van der Waals surface area contributed by atoms with Crippen molar-refractivity contribution in [2.24, 2.45) is 0 Å². The van der Waals surface area contributed by atoms with Gasteiger partial charge in [-0.25, -0.2) is 4.79 Å². The van der Waals surface area contributed by atoms with Gasteiger partial charge in [-0.1, -0.05) is 42.5 Å². The molecule has 0 fully saturated rings. The number of rotatable bonds is 6. The first-order chi connectivity index (χ1) is 12.7. The largest absolute Gasteiger partial charge is 0.465 e. The van der Waals surface area contributed by atoms with E-state index in [-0.39, 0.29) is 6.61 Å². The summed E-state index contributed by atoms with van der Waals surface area (Å²) < 4.78 is 9.94. The molecule has 0 aliphatic heterocycles. The molecular weight excluding hydrogens is 330 g/mol. The summed E-state index contributed by atoms with van der Waals surface area (Å²) in [4.78, 5) is 23.4. The number of carbonyl (C=O) groups is 2. The lowest BCUT2D eigenvalue weighted by atomic mass is 10.1. The van der Waals surface area contributed by atoms with Gasteiger partial charge in [-0.3, -0.25) is 4.79 Å². The zero-order valence-electron chi connectivity index (χ0n) is 13.9. The van der Waals surface area contributed by atoms with Crippen molar-refractivity contribution in [1.29, 1.82) is 0 Å². The fourth-order valence-electron chi connectivity index (χ4n) is 2.29. The van der Waals surface area contributed by atoms with E-state index >= 15 is 0 Å². The Kier molecular flexibility index (Phi) is 5.62. The lowest BCUT2D eigenvalue weighted by Gasteiger charge is -2.07. The Morgan fingerprint density at radius 1 is 0.923 bits per heavy atom. The van der Waals surface area contributed by atoms with Crippen LogP contribution in [0.2, 0.25) is 0 Å². The summed E-state index contributed by atoms with van der Waals surface area (Å²) in [7, 11) is 0. The van der Waals surface area contributed by atoms with E-state index in [1.165, 1.54) is 18.4 Å². The molecule has 1 amide bonds. The highest BCUT2D eigenvalue weighted by atomic mass is 16.5. The molecule has 2 aromatic carbocycles. The quantitative estimate of drug-likeness (QED) is 0.537. The lowest BCUT2D eigenvalue weighted by molar-refractivity contribution is -0.142. The van der Waals surface area contributed by atoms with Gasteiger partial charge < -0.3 is 14.5 Å². The summed E-state index contributed by atoms with van der Waals surface area (Å²) >= 11 is 0. The monoisotopic (exact) mass is 347 g/mol. The summed E-state index contributed by atoms with van der Waals surface area (Å²) in [5.74, 6) is -0.488. The second-order valence-corrected chi connectivity index (χ2v) is 5.45. The van der Waals surface area contributed by atoms with Crippen LogP contribution in [-0.2, 0) is 14.3 Å². The highest BCUT2D eigenvalue weighted by molar-refractivity contribution is 5.94. The van der Waals surface area contributed by atoms with Gasteiger partial charge in [-0.05, 0) is 41.5 Å². The molecule has 0 radical (unpaired) electrons. The molecule has 0 aliphatic rings. The summed E-state index contributed by atoms with van der Waals surface area (Å²) in [5.41, 5.74) is 2.79.